The Morgan fingerprint density at radius 3 is 2.57 bits per heavy atom. The molecule has 0 atom stereocenters. The number of rotatable bonds is 5. The molecule has 1 amide bonds. The van der Waals surface area contributed by atoms with E-state index in [9.17, 15) is 4.79 Å². The van der Waals surface area contributed by atoms with Crippen molar-refractivity contribution in [2.75, 3.05) is 10.6 Å². The largest absolute Gasteiger partial charge is 0.364 e. The zero-order valence-electron chi connectivity index (χ0n) is 16.1. The molecule has 0 aliphatic rings. The summed E-state index contributed by atoms with van der Waals surface area (Å²) in [5, 5.41) is 8.29. The fraction of sp³-hybridized carbons (Fsp3) is 0.0417. The molecule has 6 heteroatoms. The number of aromatic nitrogens is 3. The molecule has 0 bridgehead atoms. The molecule has 0 spiro atoms. The van der Waals surface area contributed by atoms with Gasteiger partial charge in [-0.2, -0.15) is 0 Å². The van der Waals surface area contributed by atoms with Gasteiger partial charge in [-0.3, -0.25) is 9.78 Å². The maximum absolute atomic E-state index is 12.9. The van der Waals surface area contributed by atoms with Crippen LogP contribution >= 0.6 is 0 Å². The van der Waals surface area contributed by atoms with Crippen LogP contribution in [0.2, 0.25) is 0 Å². The molecule has 30 heavy (non-hydrogen) atoms. The van der Waals surface area contributed by atoms with E-state index < -0.39 is 0 Å². The van der Waals surface area contributed by atoms with Crippen LogP contribution in [0, 0.1) is 0 Å². The topological polar surface area (TPSA) is 82.7 Å². The molecule has 0 saturated carbocycles. The zero-order chi connectivity index (χ0) is 20.3. The number of H-pyrrole nitrogens is 1. The SMILES string of the molecule is O=C(Nc1ccc(NCc2ccccn2)nc1)c1cccc2c1[nH]c1ccccc12. The summed E-state index contributed by atoms with van der Waals surface area (Å²) in [6.45, 7) is 0.585. The van der Waals surface area contributed by atoms with Crippen LogP contribution in [-0.2, 0) is 6.54 Å². The van der Waals surface area contributed by atoms with Gasteiger partial charge in [-0.25, -0.2) is 4.98 Å². The zero-order valence-corrected chi connectivity index (χ0v) is 16.1. The Balaban J connectivity index is 1.33. The molecule has 0 aliphatic carbocycles. The van der Waals surface area contributed by atoms with Crippen molar-refractivity contribution in [1.82, 2.24) is 15.0 Å². The maximum atomic E-state index is 12.9. The standard InChI is InChI=1S/C24H19N5O/c30-24(20-9-5-8-19-18-7-1-2-10-21(18)29-23(19)20)28-17-11-12-22(27-15-17)26-14-16-6-3-4-13-25-16/h1-13,15,29H,14H2,(H,26,27)(H,28,30). The highest BCUT2D eigenvalue weighted by Gasteiger charge is 2.14. The lowest BCUT2D eigenvalue weighted by molar-refractivity contribution is 0.102. The van der Waals surface area contributed by atoms with Crippen molar-refractivity contribution >= 4 is 39.2 Å². The Morgan fingerprint density at radius 1 is 0.867 bits per heavy atom. The van der Waals surface area contributed by atoms with Gasteiger partial charge in [-0.05, 0) is 36.4 Å². The van der Waals surface area contributed by atoms with Gasteiger partial charge < -0.3 is 15.6 Å². The lowest BCUT2D eigenvalue weighted by Crippen LogP contribution is -2.12. The summed E-state index contributed by atoms with van der Waals surface area (Å²) in [6, 6.07) is 23.2. The van der Waals surface area contributed by atoms with Gasteiger partial charge in [-0.15, -0.1) is 0 Å². The fourth-order valence-corrected chi connectivity index (χ4v) is 3.52. The monoisotopic (exact) mass is 393 g/mol. The van der Waals surface area contributed by atoms with Gasteiger partial charge in [0.2, 0.25) is 0 Å². The first-order valence-electron chi connectivity index (χ1n) is 9.68. The van der Waals surface area contributed by atoms with E-state index in [0.717, 1.165) is 33.3 Å². The third-order valence-corrected chi connectivity index (χ3v) is 4.98. The van der Waals surface area contributed by atoms with Gasteiger partial charge in [0.05, 0.1) is 35.2 Å². The van der Waals surface area contributed by atoms with Crippen molar-refractivity contribution in [3.63, 3.8) is 0 Å². The summed E-state index contributed by atoms with van der Waals surface area (Å²) in [6.07, 6.45) is 3.40. The molecule has 3 N–H and O–H groups in total. The summed E-state index contributed by atoms with van der Waals surface area (Å²) >= 11 is 0. The molecule has 0 saturated heterocycles. The Morgan fingerprint density at radius 2 is 1.73 bits per heavy atom. The second-order valence-electron chi connectivity index (χ2n) is 6.96. The predicted octanol–water partition coefficient (Wildman–Crippen LogP) is 4.98. The second kappa shape index (κ2) is 7.67. The smallest absolute Gasteiger partial charge is 0.257 e. The van der Waals surface area contributed by atoms with E-state index in [1.54, 1.807) is 12.4 Å². The van der Waals surface area contributed by atoms with E-state index in [0.29, 0.717) is 17.8 Å². The summed E-state index contributed by atoms with van der Waals surface area (Å²) in [5.74, 6) is 0.541. The quantitative estimate of drug-likeness (QED) is 0.393. The average molecular weight is 393 g/mol. The van der Waals surface area contributed by atoms with Crippen LogP contribution in [0.15, 0.2) is 85.2 Å². The fourth-order valence-electron chi connectivity index (χ4n) is 3.52. The molecule has 3 heterocycles. The number of nitrogens with one attached hydrogen (secondary N) is 3. The van der Waals surface area contributed by atoms with Gasteiger partial charge in [0.15, 0.2) is 0 Å². The second-order valence-corrected chi connectivity index (χ2v) is 6.96. The van der Waals surface area contributed by atoms with E-state index in [2.05, 4.69) is 31.7 Å². The Hall–Kier alpha value is -4.19. The molecule has 0 fully saturated rings. The van der Waals surface area contributed by atoms with Crippen LogP contribution < -0.4 is 10.6 Å². The molecular formula is C24H19N5O. The van der Waals surface area contributed by atoms with Crippen molar-refractivity contribution in [2.45, 2.75) is 6.54 Å². The summed E-state index contributed by atoms with van der Waals surface area (Å²) < 4.78 is 0. The molecule has 5 aromatic rings. The first kappa shape index (κ1) is 17.9. The number of hydrogen-bond acceptors (Lipinski definition) is 4. The number of hydrogen-bond donors (Lipinski definition) is 3. The van der Waals surface area contributed by atoms with Gasteiger partial charge in [0.25, 0.3) is 5.91 Å². The number of aromatic amines is 1. The first-order valence-corrected chi connectivity index (χ1v) is 9.68. The van der Waals surface area contributed by atoms with Gasteiger partial charge in [-0.1, -0.05) is 36.4 Å². The molecule has 6 nitrogen and oxygen atoms in total. The van der Waals surface area contributed by atoms with Crippen LogP contribution in [0.1, 0.15) is 16.1 Å². The number of fused-ring (bicyclic) bond motifs is 3. The van der Waals surface area contributed by atoms with E-state index in [1.807, 2.05) is 66.7 Å². The number of carbonyl (C=O) groups excluding carboxylic acids is 1. The van der Waals surface area contributed by atoms with Crippen LogP contribution in [-0.4, -0.2) is 20.9 Å². The molecule has 0 aliphatic heterocycles. The maximum Gasteiger partial charge on any atom is 0.257 e. The predicted molar refractivity (Wildman–Crippen MR) is 120 cm³/mol. The number of benzene rings is 2. The molecule has 0 radical (unpaired) electrons. The average Bonchev–Trinajstić information content (AvgIpc) is 3.18. The normalized spacial score (nSPS) is 10.9. The van der Waals surface area contributed by atoms with E-state index >= 15 is 0 Å². The van der Waals surface area contributed by atoms with Crippen LogP contribution in [0.4, 0.5) is 11.5 Å². The Kier molecular flexibility index (Phi) is 4.57. The number of pyridine rings is 2. The van der Waals surface area contributed by atoms with Crippen molar-refractivity contribution in [2.24, 2.45) is 0 Å². The summed E-state index contributed by atoms with van der Waals surface area (Å²) in [7, 11) is 0. The van der Waals surface area contributed by atoms with E-state index in [1.165, 1.54) is 0 Å². The summed E-state index contributed by atoms with van der Waals surface area (Å²) in [5.41, 5.74) is 4.01. The number of para-hydroxylation sites is 2. The minimum atomic E-state index is -0.178. The minimum Gasteiger partial charge on any atom is -0.364 e. The lowest BCUT2D eigenvalue weighted by Gasteiger charge is -2.08. The lowest BCUT2D eigenvalue weighted by atomic mass is 10.1. The number of nitrogens with zero attached hydrogens (tertiary/aromatic N) is 2. The van der Waals surface area contributed by atoms with Gasteiger partial charge in [0.1, 0.15) is 5.82 Å². The Bertz CT molecular complexity index is 1330. The van der Waals surface area contributed by atoms with E-state index in [-0.39, 0.29) is 5.91 Å². The van der Waals surface area contributed by atoms with Crippen molar-refractivity contribution in [3.05, 3.63) is 96.4 Å². The highest BCUT2D eigenvalue weighted by atomic mass is 16.1. The molecule has 5 rings (SSSR count). The van der Waals surface area contributed by atoms with Crippen LogP contribution in [0.5, 0.6) is 0 Å². The summed E-state index contributed by atoms with van der Waals surface area (Å²) in [4.78, 5) is 24.9. The number of anilines is 2. The first-order chi connectivity index (χ1) is 14.8. The minimum absolute atomic E-state index is 0.178. The van der Waals surface area contributed by atoms with Gasteiger partial charge >= 0.3 is 0 Å². The van der Waals surface area contributed by atoms with Crippen molar-refractivity contribution in [3.8, 4) is 0 Å². The number of amides is 1. The van der Waals surface area contributed by atoms with Crippen molar-refractivity contribution < 1.29 is 4.79 Å². The van der Waals surface area contributed by atoms with Crippen LogP contribution in [0.3, 0.4) is 0 Å². The molecule has 2 aromatic carbocycles. The Labute approximate surface area is 173 Å². The number of carbonyl (C=O) groups is 1. The highest BCUT2D eigenvalue weighted by molar-refractivity contribution is 6.17. The third-order valence-electron chi connectivity index (χ3n) is 4.98. The van der Waals surface area contributed by atoms with Gasteiger partial charge in [0, 0.05) is 22.5 Å². The molecule has 3 aromatic heterocycles. The van der Waals surface area contributed by atoms with Crippen molar-refractivity contribution in [1.29, 1.82) is 0 Å². The molecule has 0 unspecified atom stereocenters. The van der Waals surface area contributed by atoms with Crippen LogP contribution in [0.25, 0.3) is 21.8 Å². The molecular weight excluding hydrogens is 374 g/mol. The van der Waals surface area contributed by atoms with E-state index in [4.69, 9.17) is 0 Å². The highest BCUT2D eigenvalue weighted by Crippen LogP contribution is 2.28. The third kappa shape index (κ3) is 3.46. The molecule has 146 valence electrons.